The molecule has 0 fully saturated rings. The first-order chi connectivity index (χ1) is 9.12. The van der Waals surface area contributed by atoms with Gasteiger partial charge in [-0.1, -0.05) is 50.8 Å². The van der Waals surface area contributed by atoms with Crippen molar-refractivity contribution in [3.8, 4) is 0 Å². The second kappa shape index (κ2) is 7.82. The van der Waals surface area contributed by atoms with Crippen LogP contribution in [0.4, 0.5) is 5.69 Å². The van der Waals surface area contributed by atoms with Gasteiger partial charge in [0.05, 0.1) is 7.11 Å². The zero-order valence-corrected chi connectivity index (χ0v) is 12.2. The van der Waals surface area contributed by atoms with Gasteiger partial charge in [-0.15, -0.1) is 0 Å². The predicted molar refractivity (Wildman–Crippen MR) is 79.2 cm³/mol. The third-order valence-electron chi connectivity index (χ3n) is 3.36. The van der Waals surface area contributed by atoms with Crippen LogP contribution in [0, 0.1) is 0 Å². The zero-order chi connectivity index (χ0) is 14.1. The Hall–Kier alpha value is -1.51. The lowest BCUT2D eigenvalue weighted by Crippen LogP contribution is -2.44. The van der Waals surface area contributed by atoms with E-state index in [0.717, 1.165) is 24.9 Å². The molecule has 1 atom stereocenters. The van der Waals surface area contributed by atoms with E-state index in [2.05, 4.69) is 12.2 Å². The molecule has 1 aromatic carbocycles. The first kappa shape index (κ1) is 15.5. The van der Waals surface area contributed by atoms with Crippen molar-refractivity contribution in [3.05, 3.63) is 30.3 Å². The molecule has 0 saturated carbocycles. The monoisotopic (exact) mass is 263 g/mol. The number of para-hydroxylation sites is 1. The summed E-state index contributed by atoms with van der Waals surface area (Å²) in [6.07, 6.45) is 5.37. The van der Waals surface area contributed by atoms with Gasteiger partial charge in [0.25, 0.3) is 0 Å². The molecule has 1 unspecified atom stereocenters. The molecule has 3 nitrogen and oxygen atoms in total. The first-order valence-corrected chi connectivity index (χ1v) is 7.04. The SMILES string of the molecule is CCCCCCC(C)(Nc1ccccc1)C(=O)OC. The van der Waals surface area contributed by atoms with Gasteiger partial charge >= 0.3 is 5.97 Å². The molecule has 0 radical (unpaired) electrons. The van der Waals surface area contributed by atoms with Crippen LogP contribution >= 0.6 is 0 Å². The summed E-state index contributed by atoms with van der Waals surface area (Å²) >= 11 is 0. The highest BCUT2D eigenvalue weighted by molar-refractivity contribution is 5.83. The van der Waals surface area contributed by atoms with Crippen LogP contribution in [-0.4, -0.2) is 18.6 Å². The van der Waals surface area contributed by atoms with E-state index in [1.165, 1.54) is 20.0 Å². The van der Waals surface area contributed by atoms with Crippen molar-refractivity contribution in [1.29, 1.82) is 0 Å². The van der Waals surface area contributed by atoms with E-state index in [-0.39, 0.29) is 5.97 Å². The lowest BCUT2D eigenvalue weighted by atomic mass is 9.93. The summed E-state index contributed by atoms with van der Waals surface area (Å²) in [6, 6.07) is 9.80. The van der Waals surface area contributed by atoms with Crippen LogP contribution in [0.3, 0.4) is 0 Å². The highest BCUT2D eigenvalue weighted by Gasteiger charge is 2.33. The van der Waals surface area contributed by atoms with Crippen molar-refractivity contribution in [2.45, 2.75) is 51.5 Å². The highest BCUT2D eigenvalue weighted by Crippen LogP contribution is 2.23. The van der Waals surface area contributed by atoms with Crippen LogP contribution in [0.25, 0.3) is 0 Å². The second-order valence-corrected chi connectivity index (χ2v) is 5.13. The van der Waals surface area contributed by atoms with Crippen LogP contribution in [0.1, 0.15) is 46.0 Å². The highest BCUT2D eigenvalue weighted by atomic mass is 16.5. The molecule has 0 amide bonds. The molecule has 0 aromatic heterocycles. The number of unbranched alkanes of at least 4 members (excludes halogenated alkanes) is 3. The standard InChI is InChI=1S/C16H25NO2/c1-4-5-6-10-13-16(2,15(18)19-3)17-14-11-8-7-9-12-14/h7-9,11-12,17H,4-6,10,13H2,1-3H3. The smallest absolute Gasteiger partial charge is 0.331 e. The molecular formula is C16H25NO2. The van der Waals surface area contributed by atoms with Gasteiger partial charge in [-0.25, -0.2) is 4.79 Å². The van der Waals surface area contributed by atoms with Crippen molar-refractivity contribution < 1.29 is 9.53 Å². The number of nitrogens with one attached hydrogen (secondary N) is 1. The largest absolute Gasteiger partial charge is 0.467 e. The minimum atomic E-state index is -0.649. The average Bonchev–Trinajstić information content (AvgIpc) is 2.44. The number of carbonyl (C=O) groups excluding carboxylic acids is 1. The third-order valence-corrected chi connectivity index (χ3v) is 3.36. The maximum absolute atomic E-state index is 12.0. The van der Waals surface area contributed by atoms with Crippen molar-refractivity contribution >= 4 is 11.7 Å². The summed E-state index contributed by atoms with van der Waals surface area (Å²) in [5, 5.41) is 3.31. The quantitative estimate of drug-likeness (QED) is 0.569. The Morgan fingerprint density at radius 2 is 1.89 bits per heavy atom. The summed E-state index contributed by atoms with van der Waals surface area (Å²) in [6.45, 7) is 4.10. The minimum absolute atomic E-state index is 0.201. The molecular weight excluding hydrogens is 238 g/mol. The maximum Gasteiger partial charge on any atom is 0.331 e. The number of rotatable bonds is 8. The fourth-order valence-electron chi connectivity index (χ4n) is 2.19. The first-order valence-electron chi connectivity index (χ1n) is 7.04. The number of ether oxygens (including phenoxy) is 1. The molecule has 0 bridgehead atoms. The third kappa shape index (κ3) is 4.93. The normalized spacial score (nSPS) is 13.6. The Kier molecular flexibility index (Phi) is 6.40. The molecule has 0 aliphatic heterocycles. The van der Waals surface area contributed by atoms with E-state index in [0.29, 0.717) is 0 Å². The number of hydrogen-bond donors (Lipinski definition) is 1. The number of benzene rings is 1. The second-order valence-electron chi connectivity index (χ2n) is 5.13. The summed E-state index contributed by atoms with van der Waals surface area (Å²) in [5.74, 6) is -0.201. The van der Waals surface area contributed by atoms with E-state index in [9.17, 15) is 4.79 Å². The predicted octanol–water partition coefficient (Wildman–Crippen LogP) is 4.00. The number of esters is 1. The van der Waals surface area contributed by atoms with E-state index in [1.54, 1.807) is 0 Å². The van der Waals surface area contributed by atoms with Gasteiger partial charge in [0, 0.05) is 5.69 Å². The molecule has 106 valence electrons. The maximum atomic E-state index is 12.0. The molecule has 1 rings (SSSR count). The van der Waals surface area contributed by atoms with E-state index >= 15 is 0 Å². The van der Waals surface area contributed by atoms with Crippen LogP contribution in [-0.2, 0) is 9.53 Å². The van der Waals surface area contributed by atoms with Crippen LogP contribution in [0.15, 0.2) is 30.3 Å². The lowest BCUT2D eigenvalue weighted by Gasteiger charge is -2.29. The molecule has 0 aliphatic rings. The van der Waals surface area contributed by atoms with Gasteiger partial charge in [-0.05, 0) is 25.5 Å². The Bertz CT molecular complexity index is 378. The van der Waals surface area contributed by atoms with E-state index < -0.39 is 5.54 Å². The van der Waals surface area contributed by atoms with Crippen molar-refractivity contribution in [1.82, 2.24) is 0 Å². The fraction of sp³-hybridized carbons (Fsp3) is 0.562. The molecule has 0 spiro atoms. The van der Waals surface area contributed by atoms with Gasteiger partial charge < -0.3 is 10.1 Å². The number of hydrogen-bond acceptors (Lipinski definition) is 3. The summed E-state index contributed by atoms with van der Waals surface area (Å²) in [4.78, 5) is 12.0. The lowest BCUT2D eigenvalue weighted by molar-refractivity contribution is -0.145. The molecule has 3 heteroatoms. The van der Waals surface area contributed by atoms with Crippen LogP contribution in [0.5, 0.6) is 0 Å². The number of anilines is 1. The summed E-state index contributed by atoms with van der Waals surface area (Å²) in [5.41, 5.74) is 0.301. The Balaban J connectivity index is 2.67. The van der Waals surface area contributed by atoms with Crippen molar-refractivity contribution in [2.75, 3.05) is 12.4 Å². The van der Waals surface area contributed by atoms with E-state index in [4.69, 9.17) is 4.74 Å². The van der Waals surface area contributed by atoms with Crippen molar-refractivity contribution in [3.63, 3.8) is 0 Å². The van der Waals surface area contributed by atoms with Gasteiger partial charge in [0.15, 0.2) is 0 Å². The Morgan fingerprint density at radius 3 is 2.47 bits per heavy atom. The van der Waals surface area contributed by atoms with Gasteiger partial charge in [-0.2, -0.15) is 0 Å². The van der Waals surface area contributed by atoms with Gasteiger partial charge in [-0.3, -0.25) is 0 Å². The number of methoxy groups -OCH3 is 1. The van der Waals surface area contributed by atoms with Crippen LogP contribution in [0.2, 0.25) is 0 Å². The molecule has 0 aliphatic carbocycles. The van der Waals surface area contributed by atoms with E-state index in [1.807, 2.05) is 37.3 Å². The Morgan fingerprint density at radius 1 is 1.21 bits per heavy atom. The topological polar surface area (TPSA) is 38.3 Å². The molecule has 19 heavy (non-hydrogen) atoms. The molecule has 1 N–H and O–H groups in total. The fourth-order valence-corrected chi connectivity index (χ4v) is 2.19. The number of carbonyl (C=O) groups is 1. The molecule has 1 aromatic rings. The van der Waals surface area contributed by atoms with Gasteiger partial charge in [0.2, 0.25) is 0 Å². The molecule has 0 saturated heterocycles. The summed E-state index contributed by atoms with van der Waals surface area (Å²) in [7, 11) is 1.44. The Labute approximate surface area is 116 Å². The zero-order valence-electron chi connectivity index (χ0n) is 12.2. The average molecular weight is 263 g/mol. The minimum Gasteiger partial charge on any atom is -0.467 e. The van der Waals surface area contributed by atoms with Crippen LogP contribution < -0.4 is 5.32 Å². The van der Waals surface area contributed by atoms with Gasteiger partial charge in [0.1, 0.15) is 5.54 Å². The molecule has 0 heterocycles. The summed E-state index contributed by atoms with van der Waals surface area (Å²) < 4.78 is 4.94. The van der Waals surface area contributed by atoms with Crippen molar-refractivity contribution in [2.24, 2.45) is 0 Å².